The Morgan fingerprint density at radius 1 is 1.33 bits per heavy atom. The molecule has 0 aliphatic carbocycles. The minimum Gasteiger partial charge on any atom is -0.374 e. The number of nitrogens with one attached hydrogen (secondary N) is 2. The van der Waals surface area contributed by atoms with Crippen LogP contribution in [0.3, 0.4) is 0 Å². The Hall–Kier alpha value is -2.50. The molecule has 1 unspecified atom stereocenters. The fourth-order valence-corrected chi connectivity index (χ4v) is 3.22. The molecule has 0 saturated heterocycles. The number of hydrogen-bond donors (Lipinski definition) is 2. The molecule has 0 radical (unpaired) electrons. The van der Waals surface area contributed by atoms with Crippen LogP contribution in [0.2, 0.25) is 0 Å². The van der Waals surface area contributed by atoms with Crippen LogP contribution in [0.5, 0.6) is 0 Å². The van der Waals surface area contributed by atoms with E-state index in [1.807, 2.05) is 13.8 Å². The third-order valence-electron chi connectivity index (χ3n) is 4.72. The number of amides is 2. The first kappa shape index (κ1) is 16.4. The molecule has 6 heteroatoms. The summed E-state index contributed by atoms with van der Waals surface area (Å²) in [5.74, 6) is 1.10. The molecule has 1 aromatic carbocycles. The number of carbonyl (C=O) groups is 1. The monoisotopic (exact) mass is 328 g/mol. The average Bonchev–Trinajstić information content (AvgIpc) is 2.91. The van der Waals surface area contributed by atoms with Gasteiger partial charge in [0.2, 0.25) is 0 Å². The van der Waals surface area contributed by atoms with Crippen LogP contribution < -0.4 is 15.5 Å². The summed E-state index contributed by atoms with van der Waals surface area (Å²) in [5, 5.41) is 9.76. The van der Waals surface area contributed by atoms with Gasteiger partial charge in [0.05, 0.1) is 5.69 Å². The zero-order valence-electron chi connectivity index (χ0n) is 14.4. The second-order valence-electron chi connectivity index (χ2n) is 6.33. The number of anilines is 1. The van der Waals surface area contributed by atoms with Gasteiger partial charge < -0.3 is 20.1 Å². The largest absolute Gasteiger partial charge is 0.374 e. The SMILES string of the molecule is Cc1noc(C)c1CNC(=O)NCC1CCN(C)c2ccccc21. The summed E-state index contributed by atoms with van der Waals surface area (Å²) < 4.78 is 5.11. The Labute approximate surface area is 142 Å². The van der Waals surface area contributed by atoms with Crippen molar-refractivity contribution in [1.29, 1.82) is 0 Å². The molecular weight excluding hydrogens is 304 g/mol. The summed E-state index contributed by atoms with van der Waals surface area (Å²) in [6, 6.07) is 8.24. The van der Waals surface area contributed by atoms with E-state index >= 15 is 0 Å². The van der Waals surface area contributed by atoms with Crippen LogP contribution in [0.1, 0.15) is 34.9 Å². The van der Waals surface area contributed by atoms with Crippen molar-refractivity contribution in [1.82, 2.24) is 15.8 Å². The molecule has 6 nitrogen and oxygen atoms in total. The van der Waals surface area contributed by atoms with E-state index in [4.69, 9.17) is 4.52 Å². The molecule has 0 spiro atoms. The highest BCUT2D eigenvalue weighted by atomic mass is 16.5. The maximum Gasteiger partial charge on any atom is 0.315 e. The van der Waals surface area contributed by atoms with Gasteiger partial charge in [-0.3, -0.25) is 0 Å². The van der Waals surface area contributed by atoms with Crippen LogP contribution >= 0.6 is 0 Å². The predicted octanol–water partition coefficient (Wildman–Crippen LogP) is 2.71. The molecule has 128 valence electrons. The fraction of sp³-hybridized carbons (Fsp3) is 0.444. The minimum absolute atomic E-state index is 0.161. The summed E-state index contributed by atoms with van der Waals surface area (Å²) in [4.78, 5) is 14.4. The van der Waals surface area contributed by atoms with Gasteiger partial charge in [0, 0.05) is 43.9 Å². The Bertz CT molecular complexity index is 706. The maximum absolute atomic E-state index is 12.1. The number of nitrogens with zero attached hydrogens (tertiary/aromatic N) is 2. The number of para-hydroxylation sites is 1. The standard InChI is InChI=1S/C18H24N4O2/c1-12-16(13(2)24-21-12)11-20-18(23)19-10-14-8-9-22(3)17-7-5-4-6-15(14)17/h4-7,14H,8-11H2,1-3H3,(H2,19,20,23). The molecule has 1 aliphatic rings. The van der Waals surface area contributed by atoms with Crippen LogP contribution in [-0.4, -0.2) is 31.3 Å². The minimum atomic E-state index is -0.161. The molecule has 1 aromatic heterocycles. The van der Waals surface area contributed by atoms with Crippen molar-refractivity contribution in [2.24, 2.45) is 0 Å². The van der Waals surface area contributed by atoms with Crippen LogP contribution in [0.15, 0.2) is 28.8 Å². The number of carbonyl (C=O) groups excluding carboxylic acids is 1. The lowest BCUT2D eigenvalue weighted by molar-refractivity contribution is 0.239. The number of fused-ring (bicyclic) bond motifs is 1. The molecule has 0 fully saturated rings. The molecule has 0 bridgehead atoms. The van der Waals surface area contributed by atoms with Crippen molar-refractivity contribution in [3.8, 4) is 0 Å². The summed E-state index contributed by atoms with van der Waals surface area (Å²) in [7, 11) is 2.11. The third-order valence-corrected chi connectivity index (χ3v) is 4.72. The van der Waals surface area contributed by atoms with E-state index in [2.05, 4.69) is 52.0 Å². The van der Waals surface area contributed by atoms with Gasteiger partial charge in [0.25, 0.3) is 0 Å². The van der Waals surface area contributed by atoms with Crippen molar-refractivity contribution >= 4 is 11.7 Å². The van der Waals surface area contributed by atoms with Gasteiger partial charge in [-0.25, -0.2) is 4.79 Å². The molecule has 2 N–H and O–H groups in total. The first-order valence-electron chi connectivity index (χ1n) is 8.29. The molecule has 2 heterocycles. The third kappa shape index (κ3) is 3.37. The molecular formula is C18H24N4O2. The summed E-state index contributed by atoms with van der Waals surface area (Å²) >= 11 is 0. The summed E-state index contributed by atoms with van der Waals surface area (Å²) in [5.41, 5.74) is 4.32. The normalized spacial score (nSPS) is 16.6. The lowest BCUT2D eigenvalue weighted by Crippen LogP contribution is -2.39. The molecule has 2 amide bonds. The molecule has 1 aliphatic heterocycles. The Morgan fingerprint density at radius 2 is 2.12 bits per heavy atom. The predicted molar refractivity (Wildman–Crippen MR) is 93.3 cm³/mol. The van der Waals surface area contributed by atoms with E-state index in [1.54, 1.807) is 0 Å². The van der Waals surface area contributed by atoms with Gasteiger partial charge in [-0.05, 0) is 31.9 Å². The van der Waals surface area contributed by atoms with Crippen molar-refractivity contribution in [3.63, 3.8) is 0 Å². The highest BCUT2D eigenvalue weighted by molar-refractivity contribution is 5.74. The van der Waals surface area contributed by atoms with Gasteiger partial charge in [-0.15, -0.1) is 0 Å². The van der Waals surface area contributed by atoms with Crippen LogP contribution in [0.25, 0.3) is 0 Å². The number of aromatic nitrogens is 1. The highest BCUT2D eigenvalue weighted by Gasteiger charge is 2.23. The topological polar surface area (TPSA) is 70.4 Å². The van der Waals surface area contributed by atoms with E-state index in [1.165, 1.54) is 11.3 Å². The van der Waals surface area contributed by atoms with Crippen molar-refractivity contribution in [3.05, 3.63) is 46.8 Å². The fourth-order valence-electron chi connectivity index (χ4n) is 3.22. The van der Waals surface area contributed by atoms with Crippen molar-refractivity contribution in [2.75, 3.05) is 25.0 Å². The second kappa shape index (κ2) is 6.95. The smallest absolute Gasteiger partial charge is 0.315 e. The number of benzene rings is 1. The van der Waals surface area contributed by atoms with Crippen molar-refractivity contribution in [2.45, 2.75) is 32.7 Å². The van der Waals surface area contributed by atoms with Crippen molar-refractivity contribution < 1.29 is 9.32 Å². The summed E-state index contributed by atoms with van der Waals surface area (Å²) in [6.45, 7) is 5.80. The van der Waals surface area contributed by atoms with E-state index in [-0.39, 0.29) is 6.03 Å². The number of aryl methyl sites for hydroxylation is 2. The van der Waals surface area contributed by atoms with E-state index < -0.39 is 0 Å². The van der Waals surface area contributed by atoms with E-state index in [0.717, 1.165) is 30.0 Å². The van der Waals surface area contributed by atoms with Gasteiger partial charge in [0.15, 0.2) is 0 Å². The Balaban J connectivity index is 1.55. The van der Waals surface area contributed by atoms with Crippen LogP contribution in [0.4, 0.5) is 10.5 Å². The number of hydrogen-bond acceptors (Lipinski definition) is 4. The second-order valence-corrected chi connectivity index (χ2v) is 6.33. The average molecular weight is 328 g/mol. The number of urea groups is 1. The number of rotatable bonds is 4. The van der Waals surface area contributed by atoms with E-state index in [9.17, 15) is 4.79 Å². The molecule has 0 saturated carbocycles. The molecule has 1 atom stereocenters. The van der Waals surface area contributed by atoms with Gasteiger partial charge in [-0.1, -0.05) is 23.4 Å². The molecule has 24 heavy (non-hydrogen) atoms. The van der Waals surface area contributed by atoms with Gasteiger partial charge in [-0.2, -0.15) is 0 Å². The lowest BCUT2D eigenvalue weighted by Gasteiger charge is -2.33. The summed E-state index contributed by atoms with van der Waals surface area (Å²) in [6.07, 6.45) is 1.04. The highest BCUT2D eigenvalue weighted by Crippen LogP contribution is 2.33. The van der Waals surface area contributed by atoms with Gasteiger partial charge in [0.1, 0.15) is 5.76 Å². The van der Waals surface area contributed by atoms with Crippen LogP contribution in [-0.2, 0) is 6.54 Å². The zero-order chi connectivity index (χ0) is 17.1. The molecule has 3 rings (SSSR count). The van der Waals surface area contributed by atoms with Gasteiger partial charge >= 0.3 is 6.03 Å². The van der Waals surface area contributed by atoms with E-state index in [0.29, 0.717) is 19.0 Å². The van der Waals surface area contributed by atoms with Crippen LogP contribution in [0, 0.1) is 13.8 Å². The molecule has 2 aromatic rings. The maximum atomic E-state index is 12.1. The lowest BCUT2D eigenvalue weighted by atomic mass is 9.90. The first-order chi connectivity index (χ1) is 11.6. The zero-order valence-corrected chi connectivity index (χ0v) is 14.4. The first-order valence-corrected chi connectivity index (χ1v) is 8.29. The Kier molecular flexibility index (Phi) is 4.74. The quantitative estimate of drug-likeness (QED) is 0.905. The Morgan fingerprint density at radius 3 is 2.88 bits per heavy atom.